The average molecular weight is 212 g/mol. The third kappa shape index (κ3) is 1.63. The molecule has 0 aliphatic carbocycles. The zero-order valence-corrected chi connectivity index (χ0v) is 9.62. The molecule has 0 unspecified atom stereocenters. The fourth-order valence-corrected chi connectivity index (χ4v) is 1.81. The number of aryl methyl sites for hydroxylation is 1. The predicted octanol–water partition coefficient (Wildman–Crippen LogP) is 3.13. The van der Waals surface area contributed by atoms with E-state index in [1.807, 2.05) is 37.3 Å². The Bertz CT molecular complexity index is 530. The highest BCUT2D eigenvalue weighted by Crippen LogP contribution is 2.33. The van der Waals surface area contributed by atoms with Gasteiger partial charge in [0, 0.05) is 22.5 Å². The number of hydrogen-bond acceptors (Lipinski definition) is 2. The molecule has 82 valence electrons. The van der Waals surface area contributed by atoms with Gasteiger partial charge in [0.15, 0.2) is 0 Å². The summed E-state index contributed by atoms with van der Waals surface area (Å²) in [7, 11) is 0. The number of benzene rings is 2. The van der Waals surface area contributed by atoms with E-state index in [-0.39, 0.29) is 0 Å². The first-order chi connectivity index (χ1) is 7.61. The molecule has 2 aromatic carbocycles. The fourth-order valence-electron chi connectivity index (χ4n) is 1.81. The normalized spacial score (nSPS) is 10.4. The summed E-state index contributed by atoms with van der Waals surface area (Å²) in [6, 6.07) is 11.9. The third-order valence-electron chi connectivity index (χ3n) is 3.04. The molecule has 0 aromatic heterocycles. The van der Waals surface area contributed by atoms with Crippen LogP contribution in [0, 0.1) is 13.8 Å². The summed E-state index contributed by atoms with van der Waals surface area (Å²) in [5.41, 5.74) is 18.0. The van der Waals surface area contributed by atoms with Gasteiger partial charge in [-0.15, -0.1) is 0 Å². The van der Waals surface area contributed by atoms with Crippen molar-refractivity contribution >= 4 is 11.4 Å². The van der Waals surface area contributed by atoms with E-state index in [1.54, 1.807) is 0 Å². The first-order valence-electron chi connectivity index (χ1n) is 5.32. The molecule has 0 heterocycles. The summed E-state index contributed by atoms with van der Waals surface area (Å²) < 4.78 is 0. The Kier molecular flexibility index (Phi) is 2.57. The van der Waals surface area contributed by atoms with Gasteiger partial charge < -0.3 is 11.5 Å². The molecule has 2 aromatic rings. The lowest BCUT2D eigenvalue weighted by Crippen LogP contribution is -1.98. The second-order valence-corrected chi connectivity index (χ2v) is 4.06. The summed E-state index contributed by atoms with van der Waals surface area (Å²) in [6.45, 7) is 4.09. The molecular weight excluding hydrogens is 196 g/mol. The molecule has 0 saturated heterocycles. The summed E-state index contributed by atoms with van der Waals surface area (Å²) in [5, 5.41) is 0. The van der Waals surface area contributed by atoms with Crippen LogP contribution in [-0.2, 0) is 0 Å². The van der Waals surface area contributed by atoms with Crippen LogP contribution in [0.15, 0.2) is 36.4 Å². The number of para-hydroxylation sites is 1. The van der Waals surface area contributed by atoms with E-state index in [0.717, 1.165) is 28.1 Å². The number of nitrogens with two attached hydrogens (primary N) is 2. The van der Waals surface area contributed by atoms with E-state index >= 15 is 0 Å². The van der Waals surface area contributed by atoms with Crippen LogP contribution in [0.25, 0.3) is 11.1 Å². The van der Waals surface area contributed by atoms with Gasteiger partial charge in [-0.3, -0.25) is 0 Å². The molecule has 0 aliphatic heterocycles. The highest BCUT2D eigenvalue weighted by Gasteiger charge is 2.08. The molecule has 4 N–H and O–H groups in total. The van der Waals surface area contributed by atoms with Crippen LogP contribution in [-0.4, -0.2) is 0 Å². The van der Waals surface area contributed by atoms with Crippen molar-refractivity contribution < 1.29 is 0 Å². The smallest absolute Gasteiger partial charge is 0.0426 e. The maximum Gasteiger partial charge on any atom is 0.0426 e. The lowest BCUT2D eigenvalue weighted by atomic mass is 9.97. The zero-order valence-electron chi connectivity index (χ0n) is 9.62. The Hall–Kier alpha value is -1.96. The standard InChI is InChI=1S/C14H16N2/c1-9-7-8-12(14(16)10(9)2)11-5-3-4-6-13(11)15/h3-8H,15-16H2,1-2H3. The van der Waals surface area contributed by atoms with E-state index in [9.17, 15) is 0 Å². The van der Waals surface area contributed by atoms with E-state index in [2.05, 4.69) is 13.0 Å². The van der Waals surface area contributed by atoms with Gasteiger partial charge in [0.2, 0.25) is 0 Å². The van der Waals surface area contributed by atoms with E-state index < -0.39 is 0 Å². The number of nitrogen functional groups attached to an aromatic ring is 2. The maximum absolute atomic E-state index is 6.13. The first-order valence-corrected chi connectivity index (χ1v) is 5.32. The van der Waals surface area contributed by atoms with Crippen molar-refractivity contribution in [1.29, 1.82) is 0 Å². The lowest BCUT2D eigenvalue weighted by Gasteiger charge is -2.12. The fraction of sp³-hybridized carbons (Fsp3) is 0.143. The Morgan fingerprint density at radius 2 is 1.50 bits per heavy atom. The second-order valence-electron chi connectivity index (χ2n) is 4.06. The van der Waals surface area contributed by atoms with Crippen LogP contribution in [0.5, 0.6) is 0 Å². The molecule has 2 rings (SSSR count). The van der Waals surface area contributed by atoms with Crippen molar-refractivity contribution in [3.05, 3.63) is 47.5 Å². The number of rotatable bonds is 1. The Balaban J connectivity index is 2.66. The minimum Gasteiger partial charge on any atom is -0.398 e. The maximum atomic E-state index is 6.13. The van der Waals surface area contributed by atoms with Crippen LogP contribution in [0.3, 0.4) is 0 Å². The van der Waals surface area contributed by atoms with E-state index in [4.69, 9.17) is 11.5 Å². The molecule has 0 radical (unpaired) electrons. The van der Waals surface area contributed by atoms with Crippen molar-refractivity contribution in [2.75, 3.05) is 11.5 Å². The van der Waals surface area contributed by atoms with Crippen molar-refractivity contribution in [2.24, 2.45) is 0 Å². The Morgan fingerprint density at radius 3 is 2.19 bits per heavy atom. The summed E-state index contributed by atoms with van der Waals surface area (Å²) in [4.78, 5) is 0. The molecule has 0 fully saturated rings. The zero-order chi connectivity index (χ0) is 11.7. The van der Waals surface area contributed by atoms with Gasteiger partial charge in [-0.1, -0.05) is 30.3 Å². The Labute approximate surface area is 95.9 Å². The Morgan fingerprint density at radius 1 is 0.812 bits per heavy atom. The summed E-state index contributed by atoms with van der Waals surface area (Å²) in [6.07, 6.45) is 0. The second kappa shape index (κ2) is 3.89. The van der Waals surface area contributed by atoms with Gasteiger partial charge in [-0.2, -0.15) is 0 Å². The molecule has 0 spiro atoms. The van der Waals surface area contributed by atoms with Gasteiger partial charge in [-0.05, 0) is 31.0 Å². The van der Waals surface area contributed by atoms with Gasteiger partial charge in [0.25, 0.3) is 0 Å². The molecule has 0 amide bonds. The van der Waals surface area contributed by atoms with E-state index in [0.29, 0.717) is 0 Å². The lowest BCUT2D eigenvalue weighted by molar-refractivity contribution is 1.34. The number of hydrogen-bond donors (Lipinski definition) is 2. The highest BCUT2D eigenvalue weighted by molar-refractivity contribution is 5.85. The van der Waals surface area contributed by atoms with Crippen LogP contribution < -0.4 is 11.5 Å². The molecule has 0 atom stereocenters. The predicted molar refractivity (Wildman–Crippen MR) is 70.2 cm³/mol. The van der Waals surface area contributed by atoms with Gasteiger partial charge >= 0.3 is 0 Å². The van der Waals surface area contributed by atoms with Crippen LogP contribution in [0.4, 0.5) is 11.4 Å². The van der Waals surface area contributed by atoms with E-state index in [1.165, 1.54) is 5.56 Å². The molecule has 16 heavy (non-hydrogen) atoms. The van der Waals surface area contributed by atoms with Crippen molar-refractivity contribution in [3.8, 4) is 11.1 Å². The van der Waals surface area contributed by atoms with Gasteiger partial charge in [0.1, 0.15) is 0 Å². The molecule has 0 aliphatic rings. The van der Waals surface area contributed by atoms with Crippen molar-refractivity contribution in [3.63, 3.8) is 0 Å². The monoisotopic (exact) mass is 212 g/mol. The minimum absolute atomic E-state index is 0.762. The molecular formula is C14H16N2. The van der Waals surface area contributed by atoms with Crippen LogP contribution in [0.1, 0.15) is 11.1 Å². The topological polar surface area (TPSA) is 52.0 Å². The SMILES string of the molecule is Cc1ccc(-c2ccccc2N)c(N)c1C. The largest absolute Gasteiger partial charge is 0.398 e. The van der Waals surface area contributed by atoms with Gasteiger partial charge in [-0.25, -0.2) is 0 Å². The highest BCUT2D eigenvalue weighted by atomic mass is 14.6. The first kappa shape index (κ1) is 10.6. The molecule has 2 heteroatoms. The number of anilines is 2. The quantitative estimate of drug-likeness (QED) is 0.713. The van der Waals surface area contributed by atoms with Crippen molar-refractivity contribution in [1.82, 2.24) is 0 Å². The third-order valence-corrected chi connectivity index (χ3v) is 3.04. The summed E-state index contributed by atoms with van der Waals surface area (Å²) in [5.74, 6) is 0. The minimum atomic E-state index is 0.762. The molecule has 0 bridgehead atoms. The van der Waals surface area contributed by atoms with Crippen LogP contribution >= 0.6 is 0 Å². The molecule has 0 saturated carbocycles. The average Bonchev–Trinajstić information content (AvgIpc) is 2.28. The van der Waals surface area contributed by atoms with Crippen LogP contribution in [0.2, 0.25) is 0 Å². The van der Waals surface area contributed by atoms with Gasteiger partial charge in [0.05, 0.1) is 0 Å². The molecule has 2 nitrogen and oxygen atoms in total. The van der Waals surface area contributed by atoms with Crippen molar-refractivity contribution in [2.45, 2.75) is 13.8 Å². The summed E-state index contributed by atoms with van der Waals surface area (Å²) >= 11 is 0.